The van der Waals surface area contributed by atoms with Crippen molar-refractivity contribution in [3.63, 3.8) is 0 Å². The lowest BCUT2D eigenvalue weighted by molar-refractivity contribution is -0.135. The zero-order chi connectivity index (χ0) is 25.2. The highest BCUT2D eigenvalue weighted by atomic mass is 16.5. The van der Waals surface area contributed by atoms with Crippen LogP contribution in [0.4, 0.5) is 0 Å². The van der Waals surface area contributed by atoms with E-state index in [1.165, 1.54) is 22.3 Å². The quantitative estimate of drug-likeness (QED) is 0.487. The largest absolute Gasteiger partial charge is 0.504 e. The highest BCUT2D eigenvalue weighted by Gasteiger charge is 2.66. The second-order valence-electron chi connectivity index (χ2n) is 11.4. The van der Waals surface area contributed by atoms with Crippen LogP contribution in [0, 0.1) is 12.8 Å². The Bertz CT molecular complexity index is 1270. The van der Waals surface area contributed by atoms with Crippen LogP contribution in [0.15, 0.2) is 54.6 Å². The number of phenols is 1. The Kier molecular flexibility index (Phi) is 5.52. The summed E-state index contributed by atoms with van der Waals surface area (Å²) in [5, 5.41) is 10.8. The molecular formula is C31H36N2O3. The van der Waals surface area contributed by atoms with Crippen LogP contribution >= 0.6 is 0 Å². The van der Waals surface area contributed by atoms with Crippen molar-refractivity contribution >= 4 is 12.0 Å². The van der Waals surface area contributed by atoms with Crippen LogP contribution in [-0.4, -0.2) is 59.1 Å². The van der Waals surface area contributed by atoms with Crippen LogP contribution in [0.5, 0.6) is 11.5 Å². The number of rotatable bonds is 5. The minimum atomic E-state index is -0.157. The number of ether oxygens (including phenoxy) is 1. The average molecular weight is 485 g/mol. The zero-order valence-electron chi connectivity index (χ0n) is 21.5. The van der Waals surface area contributed by atoms with Crippen molar-refractivity contribution < 1.29 is 14.6 Å². The molecule has 5 atom stereocenters. The number of carbonyl (C=O) groups excluding carboxylic acids is 1. The maximum Gasteiger partial charge on any atom is 0.246 e. The third-order valence-electron chi connectivity index (χ3n) is 9.18. The van der Waals surface area contributed by atoms with E-state index in [9.17, 15) is 9.90 Å². The lowest BCUT2D eigenvalue weighted by Gasteiger charge is -2.60. The number of aryl methyl sites for hydroxylation is 1. The number of piperidine rings is 1. The third-order valence-corrected chi connectivity index (χ3v) is 9.18. The molecule has 1 spiro atoms. The number of amides is 1. The zero-order valence-corrected chi connectivity index (χ0v) is 21.5. The summed E-state index contributed by atoms with van der Waals surface area (Å²) in [4.78, 5) is 17.8. The molecule has 5 nitrogen and oxygen atoms in total. The van der Waals surface area contributed by atoms with Crippen molar-refractivity contribution in [3.8, 4) is 11.5 Å². The molecule has 2 aromatic rings. The van der Waals surface area contributed by atoms with E-state index in [0.717, 1.165) is 44.3 Å². The Balaban J connectivity index is 1.34. The summed E-state index contributed by atoms with van der Waals surface area (Å²) in [5.41, 5.74) is 5.76. The highest BCUT2D eigenvalue weighted by molar-refractivity contribution is 5.92. The fourth-order valence-corrected chi connectivity index (χ4v) is 7.76. The van der Waals surface area contributed by atoms with Gasteiger partial charge in [-0.15, -0.1) is 0 Å². The van der Waals surface area contributed by atoms with Crippen molar-refractivity contribution in [2.75, 3.05) is 20.1 Å². The molecule has 5 heteroatoms. The fourth-order valence-electron chi connectivity index (χ4n) is 7.76. The standard InChI is InChI=1S/C31H36N2O3/c1-19(2)18-33-15-14-31-23-10-11-24(32(4)27(35)13-8-21-7-5-6-20(3)16-21)30(31)36-29-26(34)12-9-22(28(29)31)17-25(23)33/h5-9,12-13,16,23-25,30,34H,1,10-11,14-15,17-18H2,2-4H3/t23-,24-,25+,30-,31-/m0/s1. The third kappa shape index (κ3) is 3.43. The molecule has 0 radical (unpaired) electrons. The molecule has 4 aliphatic rings. The van der Waals surface area contributed by atoms with E-state index in [4.69, 9.17) is 4.74 Å². The summed E-state index contributed by atoms with van der Waals surface area (Å²) < 4.78 is 6.68. The van der Waals surface area contributed by atoms with Crippen LogP contribution in [0.2, 0.25) is 0 Å². The molecule has 6 rings (SSSR count). The molecular weight excluding hydrogens is 448 g/mol. The smallest absolute Gasteiger partial charge is 0.246 e. The molecule has 2 heterocycles. The van der Waals surface area contributed by atoms with Gasteiger partial charge in [-0.1, -0.05) is 48.0 Å². The Labute approximate surface area is 214 Å². The van der Waals surface area contributed by atoms with Gasteiger partial charge in [-0.05, 0) is 75.3 Å². The second kappa shape index (κ2) is 8.52. The van der Waals surface area contributed by atoms with E-state index in [0.29, 0.717) is 17.7 Å². The molecule has 36 heavy (non-hydrogen) atoms. The molecule has 1 saturated heterocycles. The molecule has 2 aromatic carbocycles. The van der Waals surface area contributed by atoms with Gasteiger partial charge >= 0.3 is 0 Å². The summed E-state index contributed by atoms with van der Waals surface area (Å²) in [6, 6.07) is 12.4. The van der Waals surface area contributed by atoms with Gasteiger partial charge in [-0.3, -0.25) is 9.69 Å². The van der Waals surface area contributed by atoms with Gasteiger partial charge in [0.25, 0.3) is 0 Å². The molecule has 1 saturated carbocycles. The number of phenolic OH excluding ortho intramolecular Hbond substituents is 1. The number of carbonyl (C=O) groups is 1. The Morgan fingerprint density at radius 1 is 1.31 bits per heavy atom. The molecule has 1 amide bonds. The van der Waals surface area contributed by atoms with Crippen LogP contribution in [0.3, 0.4) is 0 Å². The van der Waals surface area contributed by atoms with Crippen molar-refractivity contribution in [3.05, 3.63) is 76.9 Å². The maximum atomic E-state index is 13.4. The van der Waals surface area contributed by atoms with Gasteiger partial charge in [0.2, 0.25) is 5.91 Å². The first-order chi connectivity index (χ1) is 17.3. The number of aromatic hydroxyl groups is 1. The van der Waals surface area contributed by atoms with E-state index >= 15 is 0 Å². The van der Waals surface area contributed by atoms with Crippen molar-refractivity contribution in [2.45, 2.75) is 63.1 Å². The fraction of sp³-hybridized carbons (Fsp3) is 0.452. The van der Waals surface area contributed by atoms with Gasteiger partial charge in [0.1, 0.15) is 6.10 Å². The number of likely N-dealkylation sites (tertiary alicyclic amines) is 1. The normalized spacial score (nSPS) is 30.1. The van der Waals surface area contributed by atoms with Gasteiger partial charge in [0.15, 0.2) is 11.5 Å². The molecule has 2 aliphatic carbocycles. The topological polar surface area (TPSA) is 53.0 Å². The number of benzene rings is 2. The van der Waals surface area contributed by atoms with E-state index in [-0.39, 0.29) is 29.2 Å². The SMILES string of the molecule is C=C(C)CN1CC[C@]23c4c5ccc(O)c4O[C@H]2[C@@H](N(C)C(=O)C=Cc2cccc(C)c2)CC[C@H]3[C@H]1C5. The molecule has 1 N–H and O–H groups in total. The predicted octanol–water partition coefficient (Wildman–Crippen LogP) is 4.86. The molecule has 2 bridgehead atoms. The van der Waals surface area contributed by atoms with E-state index in [1.54, 1.807) is 12.1 Å². The summed E-state index contributed by atoms with van der Waals surface area (Å²) >= 11 is 0. The number of likely N-dealkylation sites (N-methyl/N-ethyl adjacent to an activating group) is 1. The first-order valence-corrected chi connectivity index (χ1v) is 13.2. The Hall–Kier alpha value is -3.05. The van der Waals surface area contributed by atoms with E-state index < -0.39 is 0 Å². The Morgan fingerprint density at radius 3 is 2.92 bits per heavy atom. The first kappa shape index (κ1) is 23.4. The second-order valence-corrected chi connectivity index (χ2v) is 11.4. The summed E-state index contributed by atoms with van der Waals surface area (Å²) in [7, 11) is 1.91. The minimum Gasteiger partial charge on any atom is -0.504 e. The predicted molar refractivity (Wildman–Crippen MR) is 142 cm³/mol. The van der Waals surface area contributed by atoms with Gasteiger partial charge in [-0.2, -0.15) is 0 Å². The first-order valence-electron chi connectivity index (χ1n) is 13.2. The molecule has 188 valence electrons. The monoisotopic (exact) mass is 484 g/mol. The maximum absolute atomic E-state index is 13.4. The summed E-state index contributed by atoms with van der Waals surface area (Å²) in [6.45, 7) is 10.3. The molecule has 0 unspecified atom stereocenters. The lowest BCUT2D eigenvalue weighted by Crippen LogP contribution is -2.69. The summed E-state index contributed by atoms with van der Waals surface area (Å²) in [6.07, 6.45) is 7.35. The van der Waals surface area contributed by atoms with Crippen molar-refractivity contribution in [1.82, 2.24) is 9.80 Å². The van der Waals surface area contributed by atoms with Gasteiger partial charge in [0, 0.05) is 36.7 Å². The van der Waals surface area contributed by atoms with E-state index in [2.05, 4.69) is 43.5 Å². The van der Waals surface area contributed by atoms with Gasteiger partial charge < -0.3 is 14.7 Å². The number of nitrogens with zero attached hydrogens (tertiary/aromatic N) is 2. The Morgan fingerprint density at radius 2 is 2.14 bits per heavy atom. The van der Waals surface area contributed by atoms with Crippen LogP contribution in [0.1, 0.15) is 48.4 Å². The van der Waals surface area contributed by atoms with Crippen molar-refractivity contribution in [2.24, 2.45) is 5.92 Å². The van der Waals surface area contributed by atoms with E-state index in [1.807, 2.05) is 30.2 Å². The van der Waals surface area contributed by atoms with Crippen molar-refractivity contribution in [1.29, 1.82) is 0 Å². The average Bonchev–Trinajstić information content (AvgIpc) is 3.20. The molecule has 2 aliphatic heterocycles. The van der Waals surface area contributed by atoms with Crippen LogP contribution in [0.25, 0.3) is 6.08 Å². The summed E-state index contributed by atoms with van der Waals surface area (Å²) in [5.74, 6) is 1.34. The van der Waals surface area contributed by atoms with Gasteiger partial charge in [-0.25, -0.2) is 0 Å². The molecule has 0 aromatic heterocycles. The number of hydrogen-bond donors (Lipinski definition) is 1. The van der Waals surface area contributed by atoms with Gasteiger partial charge in [0.05, 0.1) is 6.04 Å². The number of hydrogen-bond acceptors (Lipinski definition) is 4. The lowest BCUT2D eigenvalue weighted by atomic mass is 9.51. The molecule has 2 fully saturated rings. The minimum absolute atomic E-state index is 0.00700. The van der Waals surface area contributed by atoms with Crippen LogP contribution < -0.4 is 4.74 Å². The highest BCUT2D eigenvalue weighted by Crippen LogP contribution is 2.64. The van der Waals surface area contributed by atoms with Crippen LogP contribution in [-0.2, 0) is 16.6 Å².